The third-order valence-electron chi connectivity index (χ3n) is 3.45. The van der Waals surface area contributed by atoms with Gasteiger partial charge in [0, 0.05) is 12.6 Å². The minimum absolute atomic E-state index is 0.220. The lowest BCUT2D eigenvalue weighted by molar-refractivity contribution is -0.137. The molecule has 0 aromatic carbocycles. The monoisotopic (exact) mass is 283 g/mol. The van der Waals surface area contributed by atoms with Crippen molar-refractivity contribution in [3.63, 3.8) is 0 Å². The van der Waals surface area contributed by atoms with Gasteiger partial charge in [0.05, 0.1) is 0 Å². The molecule has 2 saturated carbocycles. The SMILES string of the molecule is CC(NC(=O)N(CC(=O)O)CC1CC1)C(=O)NC1CC1. The minimum Gasteiger partial charge on any atom is -0.480 e. The Kier molecular flexibility index (Phi) is 4.46. The van der Waals surface area contributed by atoms with Crippen LogP contribution in [0.15, 0.2) is 0 Å². The molecule has 0 heterocycles. The molecule has 0 saturated heterocycles. The fourth-order valence-corrected chi connectivity index (χ4v) is 1.89. The highest BCUT2D eigenvalue weighted by atomic mass is 16.4. The highest BCUT2D eigenvalue weighted by Gasteiger charge is 2.30. The maximum atomic E-state index is 12.0. The van der Waals surface area contributed by atoms with E-state index in [0.717, 1.165) is 25.7 Å². The van der Waals surface area contributed by atoms with Crippen molar-refractivity contribution < 1.29 is 19.5 Å². The van der Waals surface area contributed by atoms with Crippen LogP contribution in [-0.4, -0.2) is 53.1 Å². The van der Waals surface area contributed by atoms with E-state index >= 15 is 0 Å². The Morgan fingerprint density at radius 2 is 1.90 bits per heavy atom. The molecule has 0 spiro atoms. The Morgan fingerprint density at radius 1 is 1.25 bits per heavy atom. The van der Waals surface area contributed by atoms with Crippen LogP contribution in [0.1, 0.15) is 32.6 Å². The number of nitrogens with zero attached hydrogens (tertiary/aromatic N) is 1. The molecule has 2 fully saturated rings. The van der Waals surface area contributed by atoms with E-state index in [-0.39, 0.29) is 18.5 Å². The van der Waals surface area contributed by atoms with Crippen LogP contribution in [0.2, 0.25) is 0 Å². The maximum absolute atomic E-state index is 12.0. The molecule has 2 aliphatic rings. The summed E-state index contributed by atoms with van der Waals surface area (Å²) in [6.45, 7) is 1.71. The fourth-order valence-electron chi connectivity index (χ4n) is 1.89. The standard InChI is InChI=1S/C13H21N3O4/c1-8(12(19)15-10-4-5-10)14-13(20)16(7-11(17)18)6-9-2-3-9/h8-10H,2-7H2,1H3,(H,14,20)(H,15,19)(H,17,18). The van der Waals surface area contributed by atoms with Gasteiger partial charge < -0.3 is 20.6 Å². The van der Waals surface area contributed by atoms with E-state index in [0.29, 0.717) is 12.5 Å². The van der Waals surface area contributed by atoms with E-state index in [1.807, 2.05) is 0 Å². The van der Waals surface area contributed by atoms with Crippen LogP contribution in [0.3, 0.4) is 0 Å². The topological polar surface area (TPSA) is 98.7 Å². The summed E-state index contributed by atoms with van der Waals surface area (Å²) in [4.78, 5) is 35.8. The number of urea groups is 1. The van der Waals surface area contributed by atoms with Gasteiger partial charge in [-0.15, -0.1) is 0 Å². The molecular weight excluding hydrogens is 262 g/mol. The summed E-state index contributed by atoms with van der Waals surface area (Å²) in [5.74, 6) is -0.867. The summed E-state index contributed by atoms with van der Waals surface area (Å²) in [7, 11) is 0. The number of carbonyl (C=O) groups is 3. The molecular formula is C13H21N3O4. The van der Waals surface area contributed by atoms with Crippen molar-refractivity contribution in [1.82, 2.24) is 15.5 Å². The molecule has 112 valence electrons. The highest BCUT2D eigenvalue weighted by molar-refractivity contribution is 5.88. The summed E-state index contributed by atoms with van der Waals surface area (Å²) in [6.07, 6.45) is 4.03. The van der Waals surface area contributed by atoms with E-state index in [9.17, 15) is 14.4 Å². The molecule has 2 rings (SSSR count). The van der Waals surface area contributed by atoms with Gasteiger partial charge in [0.25, 0.3) is 0 Å². The molecule has 0 aliphatic heterocycles. The van der Waals surface area contributed by atoms with Crippen molar-refractivity contribution in [3.8, 4) is 0 Å². The maximum Gasteiger partial charge on any atom is 0.323 e. The number of rotatable bonds is 7. The lowest BCUT2D eigenvalue weighted by Gasteiger charge is -2.23. The van der Waals surface area contributed by atoms with Gasteiger partial charge in [-0.1, -0.05) is 0 Å². The van der Waals surface area contributed by atoms with Gasteiger partial charge in [0.15, 0.2) is 0 Å². The van der Waals surface area contributed by atoms with Crippen LogP contribution < -0.4 is 10.6 Å². The molecule has 7 heteroatoms. The first-order valence-electron chi connectivity index (χ1n) is 7.03. The van der Waals surface area contributed by atoms with Crippen molar-refractivity contribution in [2.75, 3.05) is 13.1 Å². The molecule has 7 nitrogen and oxygen atoms in total. The zero-order chi connectivity index (χ0) is 14.7. The van der Waals surface area contributed by atoms with Crippen molar-refractivity contribution >= 4 is 17.9 Å². The first-order valence-corrected chi connectivity index (χ1v) is 7.03. The number of aliphatic carboxylic acids is 1. The first kappa shape index (κ1) is 14.6. The van der Waals surface area contributed by atoms with Crippen molar-refractivity contribution in [2.45, 2.75) is 44.7 Å². The van der Waals surface area contributed by atoms with Crippen LogP contribution in [0.4, 0.5) is 4.79 Å². The van der Waals surface area contributed by atoms with E-state index in [2.05, 4.69) is 10.6 Å². The van der Waals surface area contributed by atoms with E-state index in [1.54, 1.807) is 6.92 Å². The van der Waals surface area contributed by atoms with Crippen molar-refractivity contribution in [1.29, 1.82) is 0 Å². The molecule has 0 radical (unpaired) electrons. The zero-order valence-corrected chi connectivity index (χ0v) is 11.6. The number of nitrogens with one attached hydrogen (secondary N) is 2. The summed E-state index contributed by atoms with van der Waals surface area (Å²) in [6, 6.07) is -0.903. The Morgan fingerprint density at radius 3 is 2.40 bits per heavy atom. The van der Waals surface area contributed by atoms with Gasteiger partial charge in [-0.05, 0) is 38.5 Å². The number of carbonyl (C=O) groups excluding carboxylic acids is 2. The van der Waals surface area contributed by atoms with Crippen LogP contribution in [0.5, 0.6) is 0 Å². The zero-order valence-electron chi connectivity index (χ0n) is 11.6. The second kappa shape index (κ2) is 6.11. The van der Waals surface area contributed by atoms with E-state index < -0.39 is 18.0 Å². The van der Waals surface area contributed by atoms with Gasteiger partial charge in [-0.3, -0.25) is 9.59 Å². The fraction of sp³-hybridized carbons (Fsp3) is 0.769. The number of carboxylic acids is 1. The molecule has 20 heavy (non-hydrogen) atoms. The number of hydrogen-bond acceptors (Lipinski definition) is 3. The summed E-state index contributed by atoms with van der Waals surface area (Å²) < 4.78 is 0. The Bertz CT molecular complexity index is 404. The average molecular weight is 283 g/mol. The van der Waals surface area contributed by atoms with Crippen LogP contribution in [-0.2, 0) is 9.59 Å². The van der Waals surface area contributed by atoms with Gasteiger partial charge in [-0.2, -0.15) is 0 Å². The average Bonchev–Trinajstić information content (AvgIpc) is 3.22. The Balaban J connectivity index is 1.81. The second-order valence-corrected chi connectivity index (χ2v) is 5.67. The molecule has 0 aromatic heterocycles. The normalized spacial score (nSPS) is 19.1. The summed E-state index contributed by atoms with van der Waals surface area (Å²) >= 11 is 0. The second-order valence-electron chi connectivity index (χ2n) is 5.67. The van der Waals surface area contributed by atoms with Crippen LogP contribution >= 0.6 is 0 Å². The lowest BCUT2D eigenvalue weighted by atomic mass is 10.3. The van der Waals surface area contributed by atoms with Gasteiger partial charge in [0.2, 0.25) is 5.91 Å². The molecule has 3 N–H and O–H groups in total. The van der Waals surface area contributed by atoms with Gasteiger partial charge in [-0.25, -0.2) is 4.79 Å². The smallest absolute Gasteiger partial charge is 0.323 e. The Hall–Kier alpha value is -1.79. The highest BCUT2D eigenvalue weighted by Crippen LogP contribution is 2.29. The van der Waals surface area contributed by atoms with Gasteiger partial charge in [0.1, 0.15) is 12.6 Å². The van der Waals surface area contributed by atoms with E-state index in [4.69, 9.17) is 5.11 Å². The first-order chi connectivity index (χ1) is 9.45. The summed E-state index contributed by atoms with van der Waals surface area (Å²) in [5.41, 5.74) is 0. The number of carboxylic acid groups (broad SMARTS) is 1. The molecule has 1 atom stereocenters. The predicted octanol–water partition coefficient (Wildman–Crippen LogP) is 0.160. The minimum atomic E-state index is -1.05. The molecule has 1 unspecified atom stereocenters. The van der Waals surface area contributed by atoms with Crippen LogP contribution in [0.25, 0.3) is 0 Å². The van der Waals surface area contributed by atoms with Crippen molar-refractivity contribution in [2.24, 2.45) is 5.92 Å². The van der Waals surface area contributed by atoms with Crippen LogP contribution in [0, 0.1) is 5.92 Å². The van der Waals surface area contributed by atoms with Crippen molar-refractivity contribution in [3.05, 3.63) is 0 Å². The number of amides is 3. The third kappa shape index (κ3) is 4.71. The summed E-state index contributed by atoms with van der Waals surface area (Å²) in [5, 5.41) is 14.2. The van der Waals surface area contributed by atoms with Gasteiger partial charge >= 0.3 is 12.0 Å². The molecule has 3 amide bonds. The Labute approximate surface area is 117 Å². The number of hydrogen-bond donors (Lipinski definition) is 3. The molecule has 0 bridgehead atoms. The molecule has 2 aliphatic carbocycles. The third-order valence-corrected chi connectivity index (χ3v) is 3.45. The quantitative estimate of drug-likeness (QED) is 0.620. The lowest BCUT2D eigenvalue weighted by Crippen LogP contribution is -2.51. The largest absolute Gasteiger partial charge is 0.480 e. The van der Waals surface area contributed by atoms with E-state index in [1.165, 1.54) is 4.90 Å². The predicted molar refractivity (Wildman–Crippen MR) is 71.1 cm³/mol. The molecule has 0 aromatic rings.